The molecule has 1 aliphatic rings. The Bertz CT molecular complexity index is 190. The van der Waals surface area contributed by atoms with E-state index in [1.54, 1.807) is 0 Å². The van der Waals surface area contributed by atoms with Crippen molar-refractivity contribution in [2.45, 2.75) is 52.9 Å². The Balaban J connectivity index is 2.42. The third-order valence-corrected chi connectivity index (χ3v) is 4.03. The topological polar surface area (TPSA) is 15.3 Å². The molecule has 0 amide bonds. The van der Waals surface area contributed by atoms with E-state index in [1.807, 2.05) is 0 Å². The Morgan fingerprint density at radius 3 is 2.65 bits per heavy atom. The highest BCUT2D eigenvalue weighted by atomic mass is 15.1. The van der Waals surface area contributed by atoms with Crippen molar-refractivity contribution < 1.29 is 0 Å². The summed E-state index contributed by atoms with van der Waals surface area (Å²) >= 11 is 0. The summed E-state index contributed by atoms with van der Waals surface area (Å²) in [5, 5.41) is 3.60. The molecule has 1 aliphatic heterocycles. The average Bonchev–Trinajstić information content (AvgIpc) is 2.28. The maximum Gasteiger partial charge on any atom is 0.00471 e. The lowest BCUT2D eigenvalue weighted by Crippen LogP contribution is -2.47. The maximum absolute atomic E-state index is 3.60. The molecule has 1 unspecified atom stereocenters. The highest BCUT2D eigenvalue weighted by molar-refractivity contribution is 4.87. The standard InChI is InChI=1S/C15H32N2/c1-5-8-15(9-6-10-16-12-15)13-17(4)11-7-14(2)3/h14,16H,5-13H2,1-4H3. The summed E-state index contributed by atoms with van der Waals surface area (Å²) in [6.45, 7) is 11.9. The van der Waals surface area contributed by atoms with Gasteiger partial charge in [-0.1, -0.05) is 27.2 Å². The second-order valence-electron chi connectivity index (χ2n) is 6.45. The SMILES string of the molecule is CCCC1(CN(C)CCC(C)C)CCCNC1. The van der Waals surface area contributed by atoms with Crippen molar-refractivity contribution in [1.29, 1.82) is 0 Å². The summed E-state index contributed by atoms with van der Waals surface area (Å²) in [5.41, 5.74) is 0.554. The van der Waals surface area contributed by atoms with Gasteiger partial charge in [0.15, 0.2) is 0 Å². The summed E-state index contributed by atoms with van der Waals surface area (Å²) in [5.74, 6) is 0.823. The molecule has 1 N–H and O–H groups in total. The van der Waals surface area contributed by atoms with Crippen LogP contribution in [0.5, 0.6) is 0 Å². The van der Waals surface area contributed by atoms with Crippen LogP contribution in [-0.2, 0) is 0 Å². The molecule has 0 spiro atoms. The molecule has 1 rings (SSSR count). The number of piperidine rings is 1. The molecule has 102 valence electrons. The van der Waals surface area contributed by atoms with E-state index >= 15 is 0 Å². The molecule has 1 atom stereocenters. The number of rotatable bonds is 7. The van der Waals surface area contributed by atoms with Crippen molar-refractivity contribution in [1.82, 2.24) is 10.2 Å². The highest BCUT2D eigenvalue weighted by Crippen LogP contribution is 2.32. The van der Waals surface area contributed by atoms with Gasteiger partial charge in [0.1, 0.15) is 0 Å². The third kappa shape index (κ3) is 5.39. The van der Waals surface area contributed by atoms with Gasteiger partial charge in [0.05, 0.1) is 0 Å². The Labute approximate surface area is 108 Å². The predicted molar refractivity (Wildman–Crippen MR) is 76.4 cm³/mol. The summed E-state index contributed by atoms with van der Waals surface area (Å²) in [4.78, 5) is 2.56. The molecule has 0 bridgehead atoms. The zero-order chi connectivity index (χ0) is 12.7. The van der Waals surface area contributed by atoms with Gasteiger partial charge in [0.25, 0.3) is 0 Å². The van der Waals surface area contributed by atoms with Gasteiger partial charge in [-0.25, -0.2) is 0 Å². The van der Waals surface area contributed by atoms with E-state index in [2.05, 4.69) is 38.0 Å². The average molecular weight is 240 g/mol. The molecule has 0 radical (unpaired) electrons. The lowest BCUT2D eigenvalue weighted by Gasteiger charge is -2.40. The zero-order valence-electron chi connectivity index (χ0n) is 12.4. The summed E-state index contributed by atoms with van der Waals surface area (Å²) in [6.07, 6.45) is 6.80. The summed E-state index contributed by atoms with van der Waals surface area (Å²) in [7, 11) is 2.30. The van der Waals surface area contributed by atoms with Gasteiger partial charge in [-0.05, 0) is 57.2 Å². The molecule has 0 saturated carbocycles. The zero-order valence-corrected chi connectivity index (χ0v) is 12.4. The lowest BCUT2D eigenvalue weighted by atomic mass is 9.76. The fourth-order valence-corrected chi connectivity index (χ4v) is 3.12. The van der Waals surface area contributed by atoms with Crippen LogP contribution >= 0.6 is 0 Å². The van der Waals surface area contributed by atoms with Crippen molar-refractivity contribution in [2.75, 3.05) is 33.2 Å². The van der Waals surface area contributed by atoms with Crippen LogP contribution in [0.4, 0.5) is 0 Å². The van der Waals surface area contributed by atoms with Crippen LogP contribution < -0.4 is 5.32 Å². The van der Waals surface area contributed by atoms with Gasteiger partial charge in [-0.15, -0.1) is 0 Å². The first kappa shape index (κ1) is 15.0. The monoisotopic (exact) mass is 240 g/mol. The summed E-state index contributed by atoms with van der Waals surface area (Å²) in [6, 6.07) is 0. The van der Waals surface area contributed by atoms with Gasteiger partial charge < -0.3 is 10.2 Å². The summed E-state index contributed by atoms with van der Waals surface area (Å²) < 4.78 is 0. The van der Waals surface area contributed by atoms with Crippen LogP contribution in [0, 0.1) is 11.3 Å². The van der Waals surface area contributed by atoms with Crippen LogP contribution in [0.3, 0.4) is 0 Å². The molecule has 1 heterocycles. The number of hydrogen-bond acceptors (Lipinski definition) is 2. The highest BCUT2D eigenvalue weighted by Gasteiger charge is 2.31. The van der Waals surface area contributed by atoms with Crippen LogP contribution in [-0.4, -0.2) is 38.1 Å². The van der Waals surface area contributed by atoms with Crippen LogP contribution in [0.15, 0.2) is 0 Å². The minimum atomic E-state index is 0.554. The number of nitrogens with one attached hydrogen (secondary N) is 1. The van der Waals surface area contributed by atoms with Gasteiger partial charge in [-0.3, -0.25) is 0 Å². The first-order valence-corrected chi connectivity index (χ1v) is 7.47. The molecule has 2 heteroatoms. The minimum Gasteiger partial charge on any atom is -0.316 e. The van der Waals surface area contributed by atoms with E-state index in [0.29, 0.717) is 5.41 Å². The Hall–Kier alpha value is -0.0800. The molecule has 2 nitrogen and oxygen atoms in total. The van der Waals surface area contributed by atoms with E-state index in [1.165, 1.54) is 58.3 Å². The molecule has 0 aromatic carbocycles. The van der Waals surface area contributed by atoms with E-state index in [-0.39, 0.29) is 0 Å². The maximum atomic E-state index is 3.60. The number of nitrogens with zero attached hydrogens (tertiary/aromatic N) is 1. The first-order valence-electron chi connectivity index (χ1n) is 7.47. The molecular weight excluding hydrogens is 208 g/mol. The molecule has 0 aromatic heterocycles. The van der Waals surface area contributed by atoms with Gasteiger partial charge in [-0.2, -0.15) is 0 Å². The Morgan fingerprint density at radius 2 is 2.12 bits per heavy atom. The number of hydrogen-bond donors (Lipinski definition) is 1. The fourth-order valence-electron chi connectivity index (χ4n) is 3.12. The smallest absolute Gasteiger partial charge is 0.00471 e. The first-order chi connectivity index (χ1) is 8.08. The normalized spacial score (nSPS) is 25.8. The van der Waals surface area contributed by atoms with Gasteiger partial charge >= 0.3 is 0 Å². The fraction of sp³-hybridized carbons (Fsp3) is 1.00. The predicted octanol–water partition coefficient (Wildman–Crippen LogP) is 3.13. The quantitative estimate of drug-likeness (QED) is 0.735. The van der Waals surface area contributed by atoms with E-state index in [4.69, 9.17) is 0 Å². The molecule has 0 aromatic rings. The van der Waals surface area contributed by atoms with Crippen molar-refractivity contribution >= 4 is 0 Å². The lowest BCUT2D eigenvalue weighted by molar-refractivity contribution is 0.119. The molecule has 17 heavy (non-hydrogen) atoms. The van der Waals surface area contributed by atoms with Crippen LogP contribution in [0.2, 0.25) is 0 Å². The molecule has 1 saturated heterocycles. The van der Waals surface area contributed by atoms with E-state index in [9.17, 15) is 0 Å². The Kier molecular flexibility index (Phi) is 6.50. The molecule has 1 fully saturated rings. The van der Waals surface area contributed by atoms with Crippen LogP contribution in [0.25, 0.3) is 0 Å². The van der Waals surface area contributed by atoms with Crippen molar-refractivity contribution in [3.05, 3.63) is 0 Å². The van der Waals surface area contributed by atoms with E-state index < -0.39 is 0 Å². The molecule has 0 aliphatic carbocycles. The van der Waals surface area contributed by atoms with Gasteiger partial charge in [0.2, 0.25) is 0 Å². The second kappa shape index (κ2) is 7.38. The third-order valence-electron chi connectivity index (χ3n) is 4.03. The largest absolute Gasteiger partial charge is 0.316 e. The van der Waals surface area contributed by atoms with Crippen molar-refractivity contribution in [3.8, 4) is 0 Å². The molecular formula is C15H32N2. The Morgan fingerprint density at radius 1 is 1.35 bits per heavy atom. The van der Waals surface area contributed by atoms with Gasteiger partial charge in [0, 0.05) is 13.1 Å². The second-order valence-corrected chi connectivity index (χ2v) is 6.45. The van der Waals surface area contributed by atoms with Crippen LogP contribution in [0.1, 0.15) is 52.9 Å². The van der Waals surface area contributed by atoms with Crippen molar-refractivity contribution in [2.24, 2.45) is 11.3 Å². The van der Waals surface area contributed by atoms with Crippen molar-refractivity contribution in [3.63, 3.8) is 0 Å². The minimum absolute atomic E-state index is 0.554. The van der Waals surface area contributed by atoms with E-state index in [0.717, 1.165) is 5.92 Å².